The maximum Gasteiger partial charge on any atom is 0.00497 e. The van der Waals surface area contributed by atoms with E-state index in [0.29, 0.717) is 5.41 Å². The first-order chi connectivity index (χ1) is 8.03. The highest BCUT2D eigenvalue weighted by Crippen LogP contribution is 2.26. The minimum absolute atomic E-state index is 0.459. The predicted molar refractivity (Wildman–Crippen MR) is 78.5 cm³/mol. The number of nitrogens with one attached hydrogen (secondary N) is 1. The van der Waals surface area contributed by atoms with E-state index >= 15 is 0 Å². The predicted octanol–water partition coefficient (Wildman–Crippen LogP) is 3.38. The van der Waals surface area contributed by atoms with Crippen molar-refractivity contribution < 1.29 is 0 Å². The zero-order valence-corrected chi connectivity index (χ0v) is 13.0. The number of nitrogens with zero attached hydrogens (tertiary/aromatic N) is 1. The third-order valence-electron chi connectivity index (χ3n) is 4.01. The highest BCUT2D eigenvalue weighted by molar-refractivity contribution is 4.82. The van der Waals surface area contributed by atoms with Gasteiger partial charge in [-0.25, -0.2) is 0 Å². The molecule has 0 saturated heterocycles. The summed E-state index contributed by atoms with van der Waals surface area (Å²) in [6.45, 7) is 19.6. The topological polar surface area (TPSA) is 15.3 Å². The van der Waals surface area contributed by atoms with Gasteiger partial charge in [-0.3, -0.25) is 0 Å². The van der Waals surface area contributed by atoms with Gasteiger partial charge in [0.05, 0.1) is 0 Å². The first kappa shape index (κ1) is 16.9. The largest absolute Gasteiger partial charge is 0.316 e. The van der Waals surface area contributed by atoms with Crippen molar-refractivity contribution in [1.82, 2.24) is 10.2 Å². The molecule has 0 bridgehead atoms. The van der Waals surface area contributed by atoms with E-state index in [0.717, 1.165) is 19.0 Å². The highest BCUT2D eigenvalue weighted by Gasteiger charge is 2.27. The summed E-state index contributed by atoms with van der Waals surface area (Å²) in [5, 5.41) is 3.65. The summed E-state index contributed by atoms with van der Waals surface area (Å²) in [7, 11) is 0. The lowest BCUT2D eigenvalue weighted by molar-refractivity contribution is 0.142. The smallest absolute Gasteiger partial charge is 0.00497 e. The van der Waals surface area contributed by atoms with E-state index in [1.165, 1.54) is 32.5 Å². The molecule has 0 atom stereocenters. The van der Waals surface area contributed by atoms with E-state index in [1.54, 1.807) is 0 Å². The summed E-state index contributed by atoms with van der Waals surface area (Å²) in [6, 6.07) is 0. The summed E-state index contributed by atoms with van der Waals surface area (Å²) in [4.78, 5) is 2.56. The van der Waals surface area contributed by atoms with Crippen LogP contribution in [0.3, 0.4) is 0 Å². The zero-order valence-electron chi connectivity index (χ0n) is 13.0. The van der Waals surface area contributed by atoms with Gasteiger partial charge >= 0.3 is 0 Å². The van der Waals surface area contributed by atoms with Gasteiger partial charge in [0.15, 0.2) is 0 Å². The molecule has 17 heavy (non-hydrogen) atoms. The van der Waals surface area contributed by atoms with Crippen molar-refractivity contribution in [1.29, 1.82) is 0 Å². The molecular formula is C15H34N2. The minimum atomic E-state index is 0.459. The Morgan fingerprint density at radius 1 is 1.00 bits per heavy atom. The molecule has 0 heterocycles. The van der Waals surface area contributed by atoms with Gasteiger partial charge < -0.3 is 10.2 Å². The molecule has 1 N–H and O–H groups in total. The van der Waals surface area contributed by atoms with Gasteiger partial charge in [0.1, 0.15) is 0 Å². The Morgan fingerprint density at radius 2 is 1.53 bits per heavy atom. The first-order valence-corrected chi connectivity index (χ1v) is 7.46. The second kappa shape index (κ2) is 8.93. The Bertz CT molecular complexity index is 170. The van der Waals surface area contributed by atoms with Gasteiger partial charge in [-0.2, -0.15) is 0 Å². The van der Waals surface area contributed by atoms with Crippen LogP contribution in [0, 0.1) is 11.3 Å². The van der Waals surface area contributed by atoms with Gasteiger partial charge in [0.2, 0.25) is 0 Å². The molecule has 0 radical (unpaired) electrons. The van der Waals surface area contributed by atoms with Crippen molar-refractivity contribution in [2.75, 3.05) is 32.7 Å². The van der Waals surface area contributed by atoms with E-state index in [1.807, 2.05) is 0 Å². The van der Waals surface area contributed by atoms with Crippen LogP contribution in [0.2, 0.25) is 0 Å². The third-order valence-corrected chi connectivity index (χ3v) is 4.01. The molecule has 0 aromatic carbocycles. The highest BCUT2D eigenvalue weighted by atomic mass is 15.1. The lowest BCUT2D eigenvalue weighted by Crippen LogP contribution is -2.44. The van der Waals surface area contributed by atoms with Gasteiger partial charge in [0.25, 0.3) is 0 Å². The van der Waals surface area contributed by atoms with Crippen molar-refractivity contribution in [3.05, 3.63) is 0 Å². The van der Waals surface area contributed by atoms with Crippen LogP contribution in [-0.4, -0.2) is 37.6 Å². The average Bonchev–Trinajstić information content (AvgIpc) is 2.33. The summed E-state index contributed by atoms with van der Waals surface area (Å²) in [6.07, 6.45) is 2.54. The van der Waals surface area contributed by atoms with Gasteiger partial charge in [0, 0.05) is 13.1 Å². The van der Waals surface area contributed by atoms with Crippen LogP contribution in [0.1, 0.15) is 54.4 Å². The lowest BCUT2D eigenvalue weighted by Gasteiger charge is -2.37. The minimum Gasteiger partial charge on any atom is -0.316 e. The Morgan fingerprint density at radius 3 is 1.88 bits per heavy atom. The van der Waals surface area contributed by atoms with Crippen molar-refractivity contribution in [3.63, 3.8) is 0 Å². The molecule has 0 spiro atoms. The maximum atomic E-state index is 3.65. The van der Waals surface area contributed by atoms with E-state index in [9.17, 15) is 0 Å². The molecule has 0 aliphatic heterocycles. The summed E-state index contributed by atoms with van der Waals surface area (Å²) in [5.74, 6) is 0.745. The Hall–Kier alpha value is -0.0800. The molecule has 0 rings (SSSR count). The van der Waals surface area contributed by atoms with Crippen molar-refractivity contribution in [2.24, 2.45) is 11.3 Å². The molecular weight excluding hydrogens is 208 g/mol. The fraction of sp³-hybridized carbons (Fsp3) is 1.00. The molecule has 0 fully saturated rings. The number of hydrogen-bond acceptors (Lipinski definition) is 2. The van der Waals surface area contributed by atoms with Crippen LogP contribution >= 0.6 is 0 Å². The van der Waals surface area contributed by atoms with Crippen molar-refractivity contribution in [3.8, 4) is 0 Å². The van der Waals surface area contributed by atoms with E-state index in [2.05, 4.69) is 51.8 Å². The number of rotatable bonds is 10. The van der Waals surface area contributed by atoms with Gasteiger partial charge in [-0.05, 0) is 43.8 Å². The molecule has 0 aromatic rings. The molecule has 0 aliphatic carbocycles. The maximum absolute atomic E-state index is 3.65. The second-order valence-electron chi connectivity index (χ2n) is 5.69. The third kappa shape index (κ3) is 6.42. The Kier molecular flexibility index (Phi) is 8.89. The molecule has 0 amide bonds. The van der Waals surface area contributed by atoms with Crippen LogP contribution in [0.25, 0.3) is 0 Å². The fourth-order valence-electron chi connectivity index (χ4n) is 2.33. The molecule has 0 aromatic heterocycles. The molecule has 0 saturated carbocycles. The van der Waals surface area contributed by atoms with Crippen molar-refractivity contribution in [2.45, 2.75) is 54.4 Å². The Balaban J connectivity index is 4.33. The van der Waals surface area contributed by atoms with Gasteiger partial charge in [-0.15, -0.1) is 0 Å². The summed E-state index contributed by atoms with van der Waals surface area (Å²) >= 11 is 0. The van der Waals surface area contributed by atoms with Gasteiger partial charge in [-0.1, -0.05) is 41.5 Å². The van der Waals surface area contributed by atoms with E-state index in [4.69, 9.17) is 0 Å². The molecule has 2 heteroatoms. The molecule has 0 aliphatic rings. The van der Waals surface area contributed by atoms with Crippen LogP contribution < -0.4 is 5.32 Å². The lowest BCUT2D eigenvalue weighted by atomic mass is 9.81. The zero-order chi connectivity index (χ0) is 13.3. The average molecular weight is 242 g/mol. The Labute approximate surface area is 109 Å². The molecule has 104 valence electrons. The molecule has 0 unspecified atom stereocenters. The molecule has 2 nitrogen and oxygen atoms in total. The second-order valence-corrected chi connectivity index (χ2v) is 5.69. The standard InChI is InChI=1S/C15H34N2/c1-7-15(8-2,12-16-11-14(5)6)13-17(9-3)10-4/h14,16H,7-13H2,1-6H3. The summed E-state index contributed by atoms with van der Waals surface area (Å²) < 4.78 is 0. The van der Waals surface area contributed by atoms with E-state index in [-0.39, 0.29) is 0 Å². The van der Waals surface area contributed by atoms with Crippen LogP contribution in [0.15, 0.2) is 0 Å². The SMILES string of the molecule is CCN(CC)CC(CC)(CC)CNCC(C)C. The fourth-order valence-corrected chi connectivity index (χ4v) is 2.33. The van der Waals surface area contributed by atoms with Crippen LogP contribution in [0.4, 0.5) is 0 Å². The van der Waals surface area contributed by atoms with Crippen LogP contribution in [0.5, 0.6) is 0 Å². The number of hydrogen-bond donors (Lipinski definition) is 1. The van der Waals surface area contributed by atoms with E-state index < -0.39 is 0 Å². The normalized spacial score (nSPS) is 12.7. The quantitative estimate of drug-likeness (QED) is 0.632. The van der Waals surface area contributed by atoms with Crippen LogP contribution in [-0.2, 0) is 0 Å². The summed E-state index contributed by atoms with van der Waals surface area (Å²) in [5.41, 5.74) is 0.459. The monoisotopic (exact) mass is 242 g/mol. The van der Waals surface area contributed by atoms with Crippen molar-refractivity contribution >= 4 is 0 Å². The first-order valence-electron chi connectivity index (χ1n) is 7.46.